The highest BCUT2D eigenvalue weighted by Gasteiger charge is 1.86. The van der Waals surface area contributed by atoms with Gasteiger partial charge < -0.3 is 0 Å². The number of hydrogen-bond acceptors (Lipinski definition) is 1. The van der Waals surface area contributed by atoms with E-state index in [2.05, 4.69) is 18.5 Å². The van der Waals surface area contributed by atoms with Gasteiger partial charge in [0.1, 0.15) is 0 Å². The van der Waals surface area contributed by atoms with Gasteiger partial charge >= 0.3 is 0 Å². The van der Waals surface area contributed by atoms with Gasteiger partial charge in [-0.3, -0.25) is 4.99 Å². The molecule has 0 amide bonds. The quantitative estimate of drug-likeness (QED) is 0.419. The van der Waals surface area contributed by atoms with Gasteiger partial charge in [0.2, 0.25) is 0 Å². The zero-order valence-electron chi connectivity index (χ0n) is 7.02. The Morgan fingerprint density at radius 1 is 1.60 bits per heavy atom. The van der Waals surface area contributed by atoms with Crippen molar-refractivity contribution in [1.82, 2.24) is 0 Å². The van der Waals surface area contributed by atoms with Crippen molar-refractivity contribution in [3.05, 3.63) is 23.9 Å². The SMILES string of the molecule is C=C(C)/C=C(/CC)N=CC. The second kappa shape index (κ2) is 4.98. The molecule has 0 aromatic heterocycles. The van der Waals surface area contributed by atoms with E-state index in [1.807, 2.05) is 19.9 Å². The maximum atomic E-state index is 4.16. The zero-order chi connectivity index (χ0) is 7.98. The van der Waals surface area contributed by atoms with Crippen molar-refractivity contribution in [2.24, 2.45) is 4.99 Å². The Balaban J connectivity index is 4.18. The number of hydrogen-bond donors (Lipinski definition) is 0. The maximum Gasteiger partial charge on any atom is 0.0399 e. The number of allylic oxidation sites excluding steroid dienone is 3. The van der Waals surface area contributed by atoms with Crippen LogP contribution in [0.3, 0.4) is 0 Å². The van der Waals surface area contributed by atoms with Gasteiger partial charge in [-0.1, -0.05) is 19.1 Å². The predicted molar refractivity (Wildman–Crippen MR) is 47.4 cm³/mol. The molecule has 0 aromatic carbocycles. The molecule has 56 valence electrons. The fourth-order valence-corrected chi connectivity index (χ4v) is 0.681. The number of nitrogens with zero attached hydrogens (tertiary/aromatic N) is 1. The number of aliphatic imine (C=N–C) groups is 1. The second-order valence-electron chi connectivity index (χ2n) is 2.22. The highest BCUT2D eigenvalue weighted by atomic mass is 14.7. The first kappa shape index (κ1) is 9.15. The summed E-state index contributed by atoms with van der Waals surface area (Å²) in [5.74, 6) is 0. The summed E-state index contributed by atoms with van der Waals surface area (Å²) >= 11 is 0. The molecule has 0 aliphatic heterocycles. The van der Waals surface area contributed by atoms with Crippen LogP contribution in [0.4, 0.5) is 0 Å². The van der Waals surface area contributed by atoms with E-state index in [9.17, 15) is 0 Å². The first-order valence-corrected chi connectivity index (χ1v) is 3.55. The third kappa shape index (κ3) is 4.07. The summed E-state index contributed by atoms with van der Waals surface area (Å²) < 4.78 is 0. The van der Waals surface area contributed by atoms with E-state index in [0.717, 1.165) is 17.7 Å². The highest BCUT2D eigenvalue weighted by Crippen LogP contribution is 2.04. The van der Waals surface area contributed by atoms with E-state index in [4.69, 9.17) is 0 Å². The van der Waals surface area contributed by atoms with Gasteiger partial charge in [0.05, 0.1) is 0 Å². The van der Waals surface area contributed by atoms with Crippen LogP contribution in [-0.2, 0) is 0 Å². The van der Waals surface area contributed by atoms with Gasteiger partial charge in [-0.15, -0.1) is 0 Å². The molecule has 10 heavy (non-hydrogen) atoms. The summed E-state index contributed by atoms with van der Waals surface area (Å²) in [6.07, 6.45) is 4.77. The van der Waals surface area contributed by atoms with Crippen LogP contribution in [0.25, 0.3) is 0 Å². The minimum atomic E-state index is 0.969. The van der Waals surface area contributed by atoms with E-state index in [1.165, 1.54) is 0 Å². The predicted octanol–water partition coefficient (Wildman–Crippen LogP) is 2.95. The molecule has 0 aliphatic rings. The summed E-state index contributed by atoms with van der Waals surface area (Å²) in [5.41, 5.74) is 2.15. The molecular weight excluding hydrogens is 122 g/mol. The summed E-state index contributed by atoms with van der Waals surface area (Å²) in [7, 11) is 0. The lowest BCUT2D eigenvalue weighted by atomic mass is 10.2. The van der Waals surface area contributed by atoms with Gasteiger partial charge in [-0.2, -0.15) is 0 Å². The Morgan fingerprint density at radius 2 is 2.20 bits per heavy atom. The molecule has 0 spiro atoms. The van der Waals surface area contributed by atoms with Crippen molar-refractivity contribution in [3.63, 3.8) is 0 Å². The summed E-state index contributed by atoms with van der Waals surface area (Å²) in [4.78, 5) is 4.16. The van der Waals surface area contributed by atoms with Crippen molar-refractivity contribution in [1.29, 1.82) is 0 Å². The molecule has 0 fully saturated rings. The Labute approximate surface area is 63.2 Å². The van der Waals surface area contributed by atoms with Gasteiger partial charge in [0.15, 0.2) is 0 Å². The zero-order valence-corrected chi connectivity index (χ0v) is 7.02. The molecule has 0 bridgehead atoms. The van der Waals surface area contributed by atoms with Gasteiger partial charge in [0, 0.05) is 11.9 Å². The lowest BCUT2D eigenvalue weighted by Crippen LogP contribution is -1.76. The van der Waals surface area contributed by atoms with Gasteiger partial charge in [-0.25, -0.2) is 0 Å². The first-order chi connectivity index (χ1) is 4.70. The molecular formula is C9H15N. The smallest absolute Gasteiger partial charge is 0.0399 e. The molecule has 0 aliphatic carbocycles. The Bertz CT molecular complexity index is 164. The molecule has 0 saturated heterocycles. The van der Waals surface area contributed by atoms with Gasteiger partial charge in [0.25, 0.3) is 0 Å². The maximum absolute atomic E-state index is 4.16. The lowest BCUT2D eigenvalue weighted by molar-refractivity contribution is 1.07. The summed E-state index contributed by atoms with van der Waals surface area (Å²) in [6, 6.07) is 0. The largest absolute Gasteiger partial charge is 0.266 e. The lowest BCUT2D eigenvalue weighted by Gasteiger charge is -1.94. The first-order valence-electron chi connectivity index (χ1n) is 3.55. The molecule has 0 saturated carbocycles. The van der Waals surface area contributed by atoms with E-state index < -0.39 is 0 Å². The molecule has 1 nitrogen and oxygen atoms in total. The molecule has 0 aromatic rings. The molecule has 0 atom stereocenters. The monoisotopic (exact) mass is 137 g/mol. The average molecular weight is 137 g/mol. The standard InChI is InChI=1S/C9H15N/c1-5-9(10-6-2)7-8(3)4/h6-7H,3,5H2,1-2,4H3/b9-7-,10-6?. The van der Waals surface area contributed by atoms with Crippen LogP contribution in [0.5, 0.6) is 0 Å². The fourth-order valence-electron chi connectivity index (χ4n) is 0.681. The minimum Gasteiger partial charge on any atom is -0.266 e. The minimum absolute atomic E-state index is 0.969. The van der Waals surface area contributed by atoms with Crippen molar-refractivity contribution >= 4 is 6.21 Å². The second-order valence-corrected chi connectivity index (χ2v) is 2.22. The van der Waals surface area contributed by atoms with E-state index >= 15 is 0 Å². The summed E-state index contributed by atoms with van der Waals surface area (Å²) in [5, 5.41) is 0. The van der Waals surface area contributed by atoms with Crippen LogP contribution in [0.1, 0.15) is 27.2 Å². The van der Waals surface area contributed by atoms with Crippen molar-refractivity contribution < 1.29 is 0 Å². The molecule has 0 N–H and O–H groups in total. The average Bonchev–Trinajstić information content (AvgIpc) is 1.86. The number of rotatable bonds is 3. The topological polar surface area (TPSA) is 12.4 Å². The van der Waals surface area contributed by atoms with Gasteiger partial charge in [-0.05, 0) is 26.3 Å². The van der Waals surface area contributed by atoms with Crippen LogP contribution in [0.2, 0.25) is 0 Å². The van der Waals surface area contributed by atoms with Crippen molar-refractivity contribution in [3.8, 4) is 0 Å². The summed E-state index contributed by atoms with van der Waals surface area (Å²) in [6.45, 7) is 9.75. The molecule has 0 unspecified atom stereocenters. The van der Waals surface area contributed by atoms with Crippen LogP contribution >= 0.6 is 0 Å². The van der Waals surface area contributed by atoms with E-state index in [1.54, 1.807) is 6.21 Å². The fraction of sp³-hybridized carbons (Fsp3) is 0.444. The van der Waals surface area contributed by atoms with Crippen LogP contribution in [-0.4, -0.2) is 6.21 Å². The third-order valence-corrected chi connectivity index (χ3v) is 1.07. The van der Waals surface area contributed by atoms with Crippen LogP contribution in [0, 0.1) is 0 Å². The van der Waals surface area contributed by atoms with Crippen LogP contribution < -0.4 is 0 Å². The molecule has 0 radical (unpaired) electrons. The van der Waals surface area contributed by atoms with E-state index in [-0.39, 0.29) is 0 Å². The van der Waals surface area contributed by atoms with Crippen LogP contribution in [0.15, 0.2) is 28.9 Å². The normalized spacial score (nSPS) is 12.5. The molecule has 1 heteroatoms. The van der Waals surface area contributed by atoms with E-state index in [0.29, 0.717) is 0 Å². The van der Waals surface area contributed by atoms with Crippen molar-refractivity contribution in [2.45, 2.75) is 27.2 Å². The Hall–Kier alpha value is -0.850. The molecule has 0 rings (SSSR count). The molecule has 0 heterocycles. The Kier molecular flexibility index (Phi) is 4.55. The Morgan fingerprint density at radius 3 is 2.50 bits per heavy atom. The third-order valence-electron chi connectivity index (χ3n) is 1.07. The van der Waals surface area contributed by atoms with Crippen molar-refractivity contribution in [2.75, 3.05) is 0 Å². The highest BCUT2D eigenvalue weighted by molar-refractivity contribution is 5.55.